The monoisotopic (exact) mass is 1020 g/mol. The van der Waals surface area contributed by atoms with Crippen LogP contribution in [0.5, 0.6) is 11.5 Å². The second-order valence-corrected chi connectivity index (χ2v) is 22.6. The van der Waals surface area contributed by atoms with Gasteiger partial charge < -0.3 is 19.3 Å². The van der Waals surface area contributed by atoms with Gasteiger partial charge in [-0.05, 0) is 143 Å². The Bertz CT molecular complexity index is 2800. The Morgan fingerprint density at radius 2 is 1.04 bits per heavy atom. The van der Waals surface area contributed by atoms with Crippen molar-refractivity contribution < 1.29 is 43.0 Å². The summed E-state index contributed by atoms with van der Waals surface area (Å²) in [5, 5.41) is 0. The minimum Gasteiger partial charge on any atom is -0.489 e. The number of nitrogens with zero attached hydrogens (tertiary/aromatic N) is 5. The summed E-state index contributed by atoms with van der Waals surface area (Å²) in [6.07, 6.45) is 9.96. The summed E-state index contributed by atoms with van der Waals surface area (Å²) in [6.45, 7) is 14.8. The molecule has 2 atom stereocenters. The lowest BCUT2D eigenvalue weighted by molar-refractivity contribution is -0.134. The number of ether oxygens (including phenoxy) is 2. The molecule has 2 aliphatic carbocycles. The highest BCUT2D eigenvalue weighted by Crippen LogP contribution is 2.37. The predicted molar refractivity (Wildman–Crippen MR) is 282 cm³/mol. The van der Waals surface area contributed by atoms with E-state index in [1.165, 1.54) is 82.3 Å². The maximum Gasteiger partial charge on any atom is 0.266 e. The molecule has 0 radical (unpaired) electrons. The fourth-order valence-electron chi connectivity index (χ4n) is 12.1. The van der Waals surface area contributed by atoms with Crippen LogP contribution in [0.25, 0.3) is 0 Å². The summed E-state index contributed by atoms with van der Waals surface area (Å²) in [4.78, 5) is 97.9. The van der Waals surface area contributed by atoms with Crippen molar-refractivity contribution >= 4 is 40.9 Å². The van der Waals surface area contributed by atoms with Crippen molar-refractivity contribution in [2.75, 3.05) is 39.3 Å². The Kier molecular flexibility index (Phi) is 15.9. The summed E-state index contributed by atoms with van der Waals surface area (Å²) in [7, 11) is 0. The van der Waals surface area contributed by atoms with Crippen LogP contribution in [0.2, 0.25) is 0 Å². The van der Waals surface area contributed by atoms with Crippen LogP contribution in [-0.2, 0) is 52.0 Å². The lowest BCUT2D eigenvalue weighted by Crippen LogP contribution is -2.47. The molecule has 0 N–H and O–H groups in total. The van der Waals surface area contributed by atoms with Gasteiger partial charge in [0.1, 0.15) is 36.3 Å². The highest BCUT2D eigenvalue weighted by atomic mass is 16.5. The van der Waals surface area contributed by atoms with Gasteiger partial charge in [0, 0.05) is 43.1 Å². The van der Waals surface area contributed by atoms with E-state index in [4.69, 9.17) is 9.47 Å². The molecule has 2 unspecified atom stereocenters. The number of Topliss-reactive ketones (excluding diaryl/α,β-unsaturated/α-hetero) is 4. The van der Waals surface area contributed by atoms with Gasteiger partial charge in [-0.1, -0.05) is 80.9 Å². The molecule has 0 aromatic heterocycles. The number of rotatable bonds is 13. The quantitative estimate of drug-likeness (QED) is 0.0932. The highest BCUT2D eigenvalue weighted by molar-refractivity contribution is 6.24. The number of imide groups is 1. The third-order valence-electron chi connectivity index (χ3n) is 16.7. The number of carbonyl (C=O) groups excluding carboxylic acids is 7. The maximum atomic E-state index is 13.2. The molecule has 4 aromatic carbocycles. The first-order valence-electron chi connectivity index (χ1n) is 27.4. The van der Waals surface area contributed by atoms with Crippen molar-refractivity contribution in [2.24, 2.45) is 5.41 Å². The van der Waals surface area contributed by atoms with Crippen LogP contribution in [0, 0.1) is 5.41 Å². The third-order valence-corrected chi connectivity index (χ3v) is 16.7. The third kappa shape index (κ3) is 12.0. The number of amides is 3. The number of ketones is 4. The van der Waals surface area contributed by atoms with Crippen LogP contribution in [0.1, 0.15) is 156 Å². The molecular formula is C61H71N5O9. The molecule has 5 fully saturated rings. The van der Waals surface area contributed by atoms with E-state index in [1.807, 2.05) is 24.3 Å². The molecule has 5 heterocycles. The number of fused-ring (bicyclic) bond motifs is 2. The minimum absolute atomic E-state index is 0.0344. The Morgan fingerprint density at radius 1 is 0.520 bits per heavy atom. The summed E-state index contributed by atoms with van der Waals surface area (Å²) < 4.78 is 12.2. The second-order valence-electron chi connectivity index (χ2n) is 22.6. The second kappa shape index (κ2) is 22.9. The van der Waals surface area contributed by atoms with E-state index in [0.29, 0.717) is 48.5 Å². The smallest absolute Gasteiger partial charge is 0.266 e. The molecule has 14 heteroatoms. The summed E-state index contributed by atoms with van der Waals surface area (Å²) in [5.74, 6) is -0.881. The fraction of sp³-hybridized carbons (Fsp3) is 0.492. The van der Waals surface area contributed by atoms with Crippen LogP contribution < -0.4 is 9.47 Å². The Balaban J connectivity index is 0.000000172. The van der Waals surface area contributed by atoms with Gasteiger partial charge in [0.2, 0.25) is 0 Å². The molecule has 14 nitrogen and oxygen atoms in total. The number of piperidine rings is 3. The highest BCUT2D eigenvalue weighted by Gasteiger charge is 2.46. The van der Waals surface area contributed by atoms with E-state index < -0.39 is 23.9 Å². The molecule has 394 valence electrons. The number of carbonyl (C=O) groups is 7. The number of benzene rings is 4. The molecule has 4 aromatic rings. The van der Waals surface area contributed by atoms with Crippen molar-refractivity contribution in [3.05, 3.63) is 129 Å². The zero-order chi connectivity index (χ0) is 52.2. The zero-order valence-corrected chi connectivity index (χ0v) is 43.7. The van der Waals surface area contributed by atoms with Gasteiger partial charge in [0.05, 0.1) is 42.6 Å². The summed E-state index contributed by atoms with van der Waals surface area (Å²) in [6, 6.07) is 26.8. The normalized spacial score (nSPS) is 22.8. The van der Waals surface area contributed by atoms with Crippen LogP contribution in [0.3, 0.4) is 0 Å². The van der Waals surface area contributed by atoms with Gasteiger partial charge in [-0.15, -0.1) is 0 Å². The predicted octanol–water partition coefficient (Wildman–Crippen LogP) is 8.54. The van der Waals surface area contributed by atoms with Crippen molar-refractivity contribution in [1.29, 1.82) is 0 Å². The molecule has 3 amide bonds. The fourth-order valence-corrected chi connectivity index (χ4v) is 12.1. The van der Waals surface area contributed by atoms with E-state index in [1.54, 1.807) is 29.2 Å². The molecular weight excluding hydrogens is 947 g/mol. The van der Waals surface area contributed by atoms with E-state index in [0.717, 1.165) is 53.8 Å². The van der Waals surface area contributed by atoms with Gasteiger partial charge >= 0.3 is 0 Å². The molecule has 3 saturated heterocycles. The van der Waals surface area contributed by atoms with Crippen LogP contribution in [-0.4, -0.2) is 123 Å². The van der Waals surface area contributed by atoms with Gasteiger partial charge in [-0.3, -0.25) is 48.3 Å². The van der Waals surface area contributed by atoms with Crippen LogP contribution in [0.4, 0.5) is 0 Å². The average Bonchev–Trinajstić information content (AvgIpc) is 3.89. The van der Waals surface area contributed by atoms with Crippen molar-refractivity contribution in [3.8, 4) is 11.5 Å². The van der Waals surface area contributed by atoms with Crippen LogP contribution in [0.15, 0.2) is 84.9 Å². The number of hydrogen-bond acceptors (Lipinski definition) is 12. The van der Waals surface area contributed by atoms with Crippen molar-refractivity contribution in [2.45, 2.75) is 148 Å². The lowest BCUT2D eigenvalue weighted by atomic mass is 9.82. The van der Waals surface area contributed by atoms with E-state index >= 15 is 0 Å². The van der Waals surface area contributed by atoms with E-state index in [9.17, 15) is 33.6 Å². The number of likely N-dealkylation sites (tertiary alicyclic amines) is 3. The molecule has 75 heavy (non-hydrogen) atoms. The largest absolute Gasteiger partial charge is 0.489 e. The Hall–Kier alpha value is -6.35. The first-order chi connectivity index (χ1) is 36.3. The lowest BCUT2D eigenvalue weighted by Gasteiger charge is -2.40. The topological polar surface area (TPSA) is 154 Å². The number of hydrogen-bond donors (Lipinski definition) is 0. The van der Waals surface area contributed by atoms with Gasteiger partial charge in [-0.2, -0.15) is 0 Å². The Morgan fingerprint density at radius 3 is 1.63 bits per heavy atom. The average molecular weight is 1020 g/mol. The molecule has 11 rings (SSSR count). The van der Waals surface area contributed by atoms with Crippen LogP contribution >= 0.6 is 0 Å². The molecule has 7 aliphatic rings. The zero-order valence-electron chi connectivity index (χ0n) is 43.7. The minimum atomic E-state index is -0.888. The maximum absolute atomic E-state index is 13.2. The molecule has 0 bridgehead atoms. The van der Waals surface area contributed by atoms with Crippen molar-refractivity contribution in [1.82, 2.24) is 24.5 Å². The standard InChI is InChI=1S/C32H39N3O4.C29H32N2O5/c36-26-11-12-29(30(37)19-26)35-21-28-27(32(35)38)5-4-6-31(28)39-22-24-9-7-23(8-10-24)20-33-17-13-25(14-18-33)34-15-2-1-3-16-34;1-29(2)12-14-30(15-13-29)17-19-6-8-20(9-7-19)18-36-25-5-3-4-22-26(25)28(35)31(27(22)34)23-11-10-21(32)16-24(23)33/h4-10,25,29H,1-3,11-22H2;3-9,23H,10-18H2,1-2H3. The summed E-state index contributed by atoms with van der Waals surface area (Å²) >= 11 is 0. The van der Waals surface area contributed by atoms with Gasteiger partial charge in [0.25, 0.3) is 17.7 Å². The Labute approximate surface area is 440 Å². The first kappa shape index (κ1) is 52.1. The molecule has 0 spiro atoms. The SMILES string of the molecule is CC1(C)CCN(Cc2ccc(COc3cccc4c3C(=O)N(C3CCC(=O)CC3=O)C4=O)cc2)CC1.O=C1CCC(N2Cc3c(OCc4ccc(CN5CCC(N6CCCCC6)CC5)cc4)cccc3C2=O)C(=O)C1. The molecule has 5 aliphatic heterocycles. The van der Waals surface area contributed by atoms with Gasteiger partial charge in [0.15, 0.2) is 11.6 Å². The summed E-state index contributed by atoms with van der Waals surface area (Å²) in [5.41, 5.74) is 6.92. The first-order valence-corrected chi connectivity index (χ1v) is 27.4. The van der Waals surface area contributed by atoms with E-state index in [2.05, 4.69) is 64.9 Å². The molecule has 2 saturated carbocycles. The van der Waals surface area contributed by atoms with E-state index in [-0.39, 0.29) is 72.5 Å². The van der Waals surface area contributed by atoms with Gasteiger partial charge in [-0.25, -0.2) is 0 Å². The van der Waals surface area contributed by atoms with Crippen molar-refractivity contribution in [3.63, 3.8) is 0 Å².